The number of nitrogens with zero attached hydrogens (tertiary/aromatic N) is 1. The van der Waals surface area contributed by atoms with Crippen molar-refractivity contribution in [2.45, 2.75) is 6.42 Å². The highest BCUT2D eigenvalue weighted by Gasteiger charge is 2.16. The number of dihydropyridines is 1. The number of rotatable bonds is 0. The Morgan fingerprint density at radius 2 is 2.60 bits per heavy atom. The molecule has 2 heteroatoms. The summed E-state index contributed by atoms with van der Waals surface area (Å²) in [5.74, 6) is 1.48. The summed E-state index contributed by atoms with van der Waals surface area (Å²) in [6.07, 6.45) is 8.82. The van der Waals surface area contributed by atoms with Gasteiger partial charge in [0.25, 0.3) is 0 Å². The van der Waals surface area contributed by atoms with Crippen molar-refractivity contribution in [3.05, 3.63) is 24.2 Å². The molecule has 2 rings (SSSR count). The van der Waals surface area contributed by atoms with Gasteiger partial charge in [-0.3, -0.25) is 4.99 Å². The van der Waals surface area contributed by atoms with E-state index in [-0.39, 0.29) is 0 Å². The Morgan fingerprint density at radius 3 is 3.50 bits per heavy atom. The molecule has 2 nitrogen and oxygen atoms in total. The lowest BCUT2D eigenvalue weighted by molar-refractivity contribution is 0.295. The molecular weight excluding hydrogens is 126 g/mol. The van der Waals surface area contributed by atoms with Crippen LogP contribution in [0.5, 0.6) is 0 Å². The molecule has 0 spiro atoms. The highest BCUT2D eigenvalue weighted by Crippen LogP contribution is 2.22. The number of hydrogen-bond acceptors (Lipinski definition) is 2. The molecule has 2 aliphatic rings. The molecule has 2 aliphatic heterocycles. The minimum absolute atomic E-state index is 0.416. The van der Waals surface area contributed by atoms with Crippen molar-refractivity contribution in [1.29, 1.82) is 0 Å². The van der Waals surface area contributed by atoms with Crippen LogP contribution in [-0.2, 0) is 4.74 Å². The van der Waals surface area contributed by atoms with Gasteiger partial charge in [-0.2, -0.15) is 0 Å². The van der Waals surface area contributed by atoms with Gasteiger partial charge in [0.05, 0.1) is 18.7 Å². The Hall–Kier alpha value is -1.05. The van der Waals surface area contributed by atoms with Gasteiger partial charge in [-0.1, -0.05) is 0 Å². The second-order valence-electron chi connectivity index (χ2n) is 2.45. The van der Waals surface area contributed by atoms with Gasteiger partial charge in [-0.05, 0) is 18.6 Å². The standard InChI is InChI=1S/C8H9NO/c1-2-7-6-9-4-3-8(7)10-5-1/h1,3,5-7H,2,4H2. The van der Waals surface area contributed by atoms with Crippen molar-refractivity contribution in [2.24, 2.45) is 10.9 Å². The van der Waals surface area contributed by atoms with E-state index < -0.39 is 0 Å². The van der Waals surface area contributed by atoms with Crippen molar-refractivity contribution in [1.82, 2.24) is 0 Å². The first-order valence-electron chi connectivity index (χ1n) is 3.48. The molecule has 0 N–H and O–H groups in total. The molecule has 10 heavy (non-hydrogen) atoms. The van der Waals surface area contributed by atoms with Crippen molar-refractivity contribution in [2.75, 3.05) is 6.54 Å². The summed E-state index contributed by atoms with van der Waals surface area (Å²) < 4.78 is 5.27. The fourth-order valence-corrected chi connectivity index (χ4v) is 1.20. The predicted octanol–water partition coefficient (Wildman–Crippen LogP) is 1.50. The highest BCUT2D eigenvalue weighted by atomic mass is 16.5. The number of ether oxygens (including phenoxy) is 1. The van der Waals surface area contributed by atoms with E-state index in [2.05, 4.69) is 4.99 Å². The van der Waals surface area contributed by atoms with E-state index in [0.29, 0.717) is 5.92 Å². The molecule has 52 valence electrons. The maximum Gasteiger partial charge on any atom is 0.110 e. The number of hydrogen-bond donors (Lipinski definition) is 0. The van der Waals surface area contributed by atoms with Crippen LogP contribution in [0.1, 0.15) is 6.42 Å². The second-order valence-corrected chi connectivity index (χ2v) is 2.45. The van der Waals surface area contributed by atoms with Crippen molar-refractivity contribution < 1.29 is 4.74 Å². The molecule has 1 unspecified atom stereocenters. The van der Waals surface area contributed by atoms with Gasteiger partial charge in [-0.25, -0.2) is 0 Å². The molecule has 0 saturated heterocycles. The quantitative estimate of drug-likeness (QED) is 0.493. The van der Waals surface area contributed by atoms with Crippen LogP contribution in [0.2, 0.25) is 0 Å². The van der Waals surface area contributed by atoms with Crippen molar-refractivity contribution in [3.8, 4) is 0 Å². The largest absolute Gasteiger partial charge is 0.469 e. The average molecular weight is 135 g/mol. The zero-order chi connectivity index (χ0) is 6.81. The van der Waals surface area contributed by atoms with Gasteiger partial charge in [0.1, 0.15) is 5.76 Å². The van der Waals surface area contributed by atoms with Crippen LogP contribution < -0.4 is 0 Å². The normalized spacial score (nSPS) is 28.8. The highest BCUT2D eigenvalue weighted by molar-refractivity contribution is 5.66. The van der Waals surface area contributed by atoms with Gasteiger partial charge < -0.3 is 4.74 Å². The first-order valence-corrected chi connectivity index (χ1v) is 3.48. The molecule has 0 aromatic heterocycles. The van der Waals surface area contributed by atoms with E-state index in [1.54, 1.807) is 6.26 Å². The van der Waals surface area contributed by atoms with Crippen LogP contribution in [0, 0.1) is 5.92 Å². The lowest BCUT2D eigenvalue weighted by Crippen LogP contribution is -2.13. The lowest BCUT2D eigenvalue weighted by Gasteiger charge is -2.19. The lowest BCUT2D eigenvalue weighted by atomic mass is 10.0. The van der Waals surface area contributed by atoms with Gasteiger partial charge in [0.15, 0.2) is 0 Å². The Bertz CT molecular complexity index is 215. The van der Waals surface area contributed by atoms with E-state index in [1.165, 1.54) is 0 Å². The summed E-state index contributed by atoms with van der Waals surface area (Å²) in [7, 11) is 0. The monoisotopic (exact) mass is 135 g/mol. The Balaban J connectivity index is 2.23. The Morgan fingerprint density at radius 1 is 1.60 bits per heavy atom. The number of fused-ring (bicyclic) bond motifs is 1. The van der Waals surface area contributed by atoms with E-state index in [9.17, 15) is 0 Å². The summed E-state index contributed by atoms with van der Waals surface area (Å²) in [4.78, 5) is 4.15. The smallest absolute Gasteiger partial charge is 0.110 e. The maximum absolute atomic E-state index is 5.27. The van der Waals surface area contributed by atoms with Crippen molar-refractivity contribution >= 4 is 6.21 Å². The Labute approximate surface area is 59.9 Å². The topological polar surface area (TPSA) is 21.6 Å². The van der Waals surface area contributed by atoms with Gasteiger partial charge >= 0.3 is 0 Å². The predicted molar refractivity (Wildman–Crippen MR) is 39.8 cm³/mol. The minimum atomic E-state index is 0.416. The fraction of sp³-hybridized carbons (Fsp3) is 0.375. The zero-order valence-corrected chi connectivity index (χ0v) is 5.66. The summed E-state index contributed by atoms with van der Waals surface area (Å²) in [5, 5.41) is 0. The zero-order valence-electron chi connectivity index (χ0n) is 5.66. The molecule has 0 fully saturated rings. The number of aliphatic imine (C=N–C) groups is 1. The van der Waals surface area contributed by atoms with Gasteiger partial charge in [-0.15, -0.1) is 0 Å². The fourth-order valence-electron chi connectivity index (χ4n) is 1.20. The molecule has 0 radical (unpaired) electrons. The molecule has 0 bridgehead atoms. The molecule has 0 saturated carbocycles. The molecule has 2 heterocycles. The summed E-state index contributed by atoms with van der Waals surface area (Å²) in [6.45, 7) is 0.777. The van der Waals surface area contributed by atoms with Crippen LogP contribution in [0.15, 0.2) is 29.2 Å². The summed E-state index contributed by atoms with van der Waals surface area (Å²) in [6, 6.07) is 0. The first-order chi connectivity index (χ1) is 4.97. The molecule has 0 amide bonds. The molecule has 0 aromatic carbocycles. The van der Waals surface area contributed by atoms with E-state index in [0.717, 1.165) is 18.7 Å². The SMILES string of the molecule is C1=COC2=CCN=CC2C1. The summed E-state index contributed by atoms with van der Waals surface area (Å²) in [5.41, 5.74) is 0. The van der Waals surface area contributed by atoms with Crippen LogP contribution in [0.25, 0.3) is 0 Å². The third kappa shape index (κ3) is 0.856. The van der Waals surface area contributed by atoms with Gasteiger partial charge in [0, 0.05) is 6.21 Å². The first kappa shape index (κ1) is 5.71. The van der Waals surface area contributed by atoms with Crippen LogP contribution in [0.3, 0.4) is 0 Å². The van der Waals surface area contributed by atoms with Crippen LogP contribution >= 0.6 is 0 Å². The third-order valence-electron chi connectivity index (χ3n) is 1.74. The van der Waals surface area contributed by atoms with E-state index >= 15 is 0 Å². The third-order valence-corrected chi connectivity index (χ3v) is 1.74. The molecule has 0 aliphatic carbocycles. The molecular formula is C8H9NO. The Kier molecular flexibility index (Phi) is 1.31. The summed E-state index contributed by atoms with van der Waals surface area (Å²) >= 11 is 0. The van der Waals surface area contributed by atoms with Crippen molar-refractivity contribution in [3.63, 3.8) is 0 Å². The van der Waals surface area contributed by atoms with E-state index in [1.807, 2.05) is 18.4 Å². The average Bonchev–Trinajstić information content (AvgIpc) is 2.05. The number of allylic oxidation sites excluding steroid dienone is 2. The maximum atomic E-state index is 5.27. The minimum Gasteiger partial charge on any atom is -0.469 e. The van der Waals surface area contributed by atoms with E-state index in [4.69, 9.17) is 4.74 Å². The second kappa shape index (κ2) is 2.29. The molecule has 1 atom stereocenters. The van der Waals surface area contributed by atoms with Crippen LogP contribution in [-0.4, -0.2) is 12.8 Å². The van der Waals surface area contributed by atoms with Crippen LogP contribution in [0.4, 0.5) is 0 Å². The van der Waals surface area contributed by atoms with Gasteiger partial charge in [0.2, 0.25) is 0 Å². The molecule has 0 aromatic rings.